The number of fused-ring (bicyclic) bond motifs is 5. The molecule has 0 unspecified atom stereocenters. The zero-order chi connectivity index (χ0) is 98.5. The maximum absolute atomic E-state index is 6.11. The third-order valence-electron chi connectivity index (χ3n) is 23.1. The van der Waals surface area contributed by atoms with Gasteiger partial charge in [0.1, 0.15) is 109 Å². The molecule has 0 bridgehead atoms. The normalized spacial score (nSPS) is 12.0. The fourth-order valence-electron chi connectivity index (χ4n) is 16.4. The van der Waals surface area contributed by atoms with E-state index in [0.717, 1.165) is 218 Å². The van der Waals surface area contributed by atoms with Crippen LogP contribution in [0.25, 0.3) is 156 Å². The summed E-state index contributed by atoms with van der Waals surface area (Å²) in [4.78, 5) is 52.5. The molecule has 37 nitrogen and oxygen atoms in total. The number of hydrogen-bond donors (Lipinski definition) is 5. The summed E-state index contributed by atoms with van der Waals surface area (Å²) in [6, 6.07) is 66.3. The number of morpholine rings is 1. The average molecular weight is 2020 g/mol. The van der Waals surface area contributed by atoms with Crippen LogP contribution in [0.15, 0.2) is 275 Å². The summed E-state index contributed by atoms with van der Waals surface area (Å²) >= 11 is 7.70. The molecule has 20 aromatic heterocycles. The molecule has 0 aliphatic carbocycles. The first-order valence-corrected chi connectivity index (χ1v) is 50.3. The van der Waals surface area contributed by atoms with E-state index in [1.54, 1.807) is 28.7 Å². The van der Waals surface area contributed by atoms with Gasteiger partial charge in [-0.05, 0) is 101 Å². The molecular weight excluding hydrogens is 1930 g/mol. The number of aryl methyl sites for hydroxylation is 5. The van der Waals surface area contributed by atoms with E-state index < -0.39 is 0 Å². The van der Waals surface area contributed by atoms with Crippen molar-refractivity contribution in [2.75, 3.05) is 52.7 Å². The number of pyridine rings is 5. The monoisotopic (exact) mass is 2020 g/mol. The molecule has 0 atom stereocenters. The standard InChI is InChI=1S/C26H20N6OS.C25H25N7O2S.C20H16N6OS.C16H16N6OS.C16H14N6OS/c1-17-22(21-14-20(12-13-32(21)31-17)33-15-18-8-4-2-5-9-18)26-29-23(19-10-6-3-7-11-19)24(34-26)25-27-16-28-30-25;1-17-21(20-15-19(7-8-32(20)30-17)34-14-11-31-9-12-33-13-10-31)25-28-22(18-5-3-2-4-6-18)23(35-25)24-26-16-27-29-24;1-13-16(15-9-5-6-10-26(15)25-13)20-23-19(17(28-20)18-21-12-22-24-18)27-11-14-7-3-2-4-8-14;2*1-3-8-23-15-13(14-17-9-18-20-14)24-16(19-15)12-10(2)21-22-7-5-4-6-11(12)22/h2-14,16H,15H2,1H3,(H,27,28,30);2-8,15-16H,9-14H2,1H3,(H,26,27,29);2-10,12H,11H2,1H3,(H,21,22,24);4-7,9H,3,8H2,1-2H3,(H,17,18,20);3-7,9H,1,8H2,2H3,(H,17,18,20). The zero-order valence-corrected chi connectivity index (χ0v) is 83.1. The predicted octanol–water partition coefficient (Wildman–Crippen LogP) is 20.3. The van der Waals surface area contributed by atoms with Crippen LogP contribution in [-0.2, 0) is 18.0 Å². The number of H-pyrrole nitrogens is 5. The van der Waals surface area contributed by atoms with Crippen molar-refractivity contribution in [2.24, 2.45) is 0 Å². The molecule has 42 heteroatoms. The Hall–Kier alpha value is -17.2. The van der Waals surface area contributed by atoms with Gasteiger partial charge in [0, 0.05) is 73.9 Å². The van der Waals surface area contributed by atoms with Gasteiger partial charge in [0.05, 0.1) is 125 Å². The van der Waals surface area contributed by atoms with Crippen LogP contribution in [-0.4, -0.2) is 206 Å². The van der Waals surface area contributed by atoms with E-state index in [4.69, 9.17) is 58.6 Å². The number of benzene rings is 4. The number of thiazole rings is 5. The largest absolute Gasteiger partial charge is 0.492 e. The number of nitrogens with zero attached hydrogens (tertiary/aromatic N) is 26. The first-order chi connectivity index (χ1) is 71.4. The van der Waals surface area contributed by atoms with Crippen LogP contribution in [0.2, 0.25) is 0 Å². The van der Waals surface area contributed by atoms with Crippen LogP contribution >= 0.6 is 56.7 Å². The highest BCUT2D eigenvalue weighted by molar-refractivity contribution is 7.20. The molecule has 5 N–H and O–H groups in total. The number of rotatable bonds is 28. The van der Waals surface area contributed by atoms with Crippen molar-refractivity contribution in [3.63, 3.8) is 0 Å². The molecule has 0 radical (unpaired) electrons. The molecule has 0 saturated carbocycles. The molecule has 0 spiro atoms. The van der Waals surface area contributed by atoms with E-state index in [0.29, 0.717) is 79.8 Å². The lowest BCUT2D eigenvalue weighted by molar-refractivity contribution is 0.0322. The van der Waals surface area contributed by atoms with E-state index >= 15 is 0 Å². The minimum absolute atomic E-state index is 0.373. The predicted molar refractivity (Wildman–Crippen MR) is 559 cm³/mol. The first kappa shape index (κ1) is 94.1. The van der Waals surface area contributed by atoms with Crippen LogP contribution in [0.4, 0.5) is 0 Å². The highest BCUT2D eigenvalue weighted by Crippen LogP contribution is 2.48. The highest BCUT2D eigenvalue weighted by atomic mass is 32.1. The van der Waals surface area contributed by atoms with Gasteiger partial charge in [0.15, 0.2) is 29.1 Å². The molecule has 1 saturated heterocycles. The molecule has 145 heavy (non-hydrogen) atoms. The Balaban J connectivity index is 0.000000108. The molecule has 724 valence electrons. The zero-order valence-electron chi connectivity index (χ0n) is 79.0. The van der Waals surface area contributed by atoms with Gasteiger partial charge in [-0.25, -0.2) is 72.4 Å². The quantitative estimate of drug-likeness (QED) is 0.0284. The lowest BCUT2D eigenvalue weighted by atomic mass is 10.1. The Labute approximate surface area is 847 Å². The minimum atomic E-state index is 0.373. The summed E-state index contributed by atoms with van der Waals surface area (Å²) in [5.41, 5.74) is 20.5. The summed E-state index contributed by atoms with van der Waals surface area (Å²) in [6.45, 7) is 22.6. The molecule has 1 aliphatic heterocycles. The van der Waals surface area contributed by atoms with Crippen molar-refractivity contribution >= 4 is 84.3 Å². The SMILES string of the molecule is C=CCOc1nc(-c2c(C)nn3ccccc23)sc1-c1ncn[nH]1.CCCOc1nc(-c2c(C)nn3ccccc23)sc1-c1ncn[nH]1.Cc1nn2ccc(OCCN3CCOCC3)cc2c1-c1nc(-c2ccccc2)c(-c2ncn[nH]2)s1.Cc1nn2ccc(OCc3ccccc3)cc2c1-c1nc(-c2ccccc2)c(-c2ncn[nH]2)s1.Cc1nn2ccccc2c1-c1nc(OCc2ccccc2)c(-c2ncn[nH]2)s1. The Morgan fingerprint density at radius 1 is 0.345 bits per heavy atom. The van der Waals surface area contributed by atoms with Crippen LogP contribution < -0.4 is 23.7 Å². The molecule has 4 aromatic carbocycles. The van der Waals surface area contributed by atoms with Gasteiger partial charge >= 0.3 is 0 Å². The highest BCUT2D eigenvalue weighted by Gasteiger charge is 2.30. The summed E-state index contributed by atoms with van der Waals surface area (Å²) in [6.07, 6.45) is 19.7. The number of ether oxygens (including phenoxy) is 6. The molecule has 21 heterocycles. The smallest absolute Gasteiger partial charge is 0.236 e. The molecule has 25 rings (SSSR count). The van der Waals surface area contributed by atoms with Crippen LogP contribution in [0, 0.1) is 34.6 Å². The number of hydrogen-bond acceptors (Lipinski definition) is 32. The Kier molecular flexibility index (Phi) is 28.2. The van der Waals surface area contributed by atoms with Crippen molar-refractivity contribution in [2.45, 2.75) is 61.2 Å². The fraction of sp³-hybridized carbons (Fsp3) is 0.165. The second-order valence-corrected chi connectivity index (χ2v) is 37.8. The summed E-state index contributed by atoms with van der Waals surface area (Å²) in [5.74, 6) is 6.58. The van der Waals surface area contributed by atoms with E-state index in [2.05, 4.69) is 151 Å². The van der Waals surface area contributed by atoms with Crippen molar-refractivity contribution < 1.29 is 28.4 Å². The van der Waals surface area contributed by atoms with Gasteiger partial charge in [-0.2, -0.15) is 51.0 Å². The summed E-state index contributed by atoms with van der Waals surface area (Å²) < 4.78 is 44.6. The van der Waals surface area contributed by atoms with Crippen molar-refractivity contribution in [3.05, 3.63) is 315 Å². The molecular formula is C103H91N31O6S5. The van der Waals surface area contributed by atoms with Gasteiger partial charge in [-0.1, -0.05) is 159 Å². The van der Waals surface area contributed by atoms with Gasteiger partial charge in [0.25, 0.3) is 0 Å². The van der Waals surface area contributed by atoms with Crippen LogP contribution in [0.1, 0.15) is 52.9 Å². The summed E-state index contributed by atoms with van der Waals surface area (Å²) in [7, 11) is 0. The maximum Gasteiger partial charge on any atom is 0.236 e. The maximum atomic E-state index is 6.11. The number of aromatic nitrogens is 30. The van der Waals surface area contributed by atoms with Crippen molar-refractivity contribution in [1.29, 1.82) is 0 Å². The van der Waals surface area contributed by atoms with E-state index in [1.807, 2.05) is 252 Å². The lowest BCUT2D eigenvalue weighted by Crippen LogP contribution is -2.38. The van der Waals surface area contributed by atoms with Crippen molar-refractivity contribution in [1.82, 2.24) is 154 Å². The average Bonchev–Trinajstić information content (AvgIpc) is 1.60. The third kappa shape index (κ3) is 20.7. The van der Waals surface area contributed by atoms with E-state index in [1.165, 1.54) is 65.6 Å². The minimum Gasteiger partial charge on any atom is -0.492 e. The molecule has 24 aromatic rings. The summed E-state index contributed by atoms with van der Waals surface area (Å²) in [5, 5.41) is 62.0. The van der Waals surface area contributed by atoms with Gasteiger partial charge in [-0.3, -0.25) is 30.4 Å². The fourth-order valence-corrected chi connectivity index (χ4v) is 21.8. The second kappa shape index (κ2) is 43.5. The van der Waals surface area contributed by atoms with Gasteiger partial charge in [-0.15, -0.1) is 56.7 Å². The van der Waals surface area contributed by atoms with Gasteiger partial charge < -0.3 is 28.4 Å². The third-order valence-corrected chi connectivity index (χ3v) is 28.4. The Morgan fingerprint density at radius 2 is 0.676 bits per heavy atom. The Bertz CT molecular complexity index is 8440. The Morgan fingerprint density at radius 3 is 1.06 bits per heavy atom. The van der Waals surface area contributed by atoms with E-state index in [9.17, 15) is 0 Å². The number of aromatic amines is 5. The topological polar surface area (TPSA) is 417 Å². The number of nitrogens with one attached hydrogen (secondary N) is 5. The molecule has 0 amide bonds. The lowest BCUT2D eigenvalue weighted by Gasteiger charge is -2.26. The van der Waals surface area contributed by atoms with E-state index in [-0.39, 0.29) is 0 Å². The van der Waals surface area contributed by atoms with Crippen LogP contribution in [0.5, 0.6) is 29.1 Å². The van der Waals surface area contributed by atoms with Crippen molar-refractivity contribution in [3.8, 4) is 158 Å². The van der Waals surface area contributed by atoms with Crippen LogP contribution in [0.3, 0.4) is 0 Å². The first-order valence-electron chi connectivity index (χ1n) is 46.3. The van der Waals surface area contributed by atoms with Gasteiger partial charge in [0.2, 0.25) is 17.6 Å². The second-order valence-electron chi connectivity index (χ2n) is 32.8. The molecule has 1 aliphatic rings. The molecule has 1 fully saturated rings.